The van der Waals surface area contributed by atoms with E-state index < -0.39 is 0 Å². The van der Waals surface area contributed by atoms with Crippen LogP contribution in [0.1, 0.15) is 26.3 Å². The Morgan fingerprint density at radius 2 is 2.06 bits per heavy atom. The highest BCUT2D eigenvalue weighted by Crippen LogP contribution is 2.23. The van der Waals surface area contributed by atoms with Gasteiger partial charge in [0.2, 0.25) is 0 Å². The Bertz CT molecular complexity index is 393. The van der Waals surface area contributed by atoms with Crippen LogP contribution in [0.5, 0.6) is 0 Å². The first-order chi connectivity index (χ1) is 7.56. The molecular weight excluding hydrogens is 220 g/mol. The monoisotopic (exact) mass is 236 g/mol. The lowest BCUT2D eigenvalue weighted by atomic mass is 9.98. The largest absolute Gasteiger partial charge is 0.384 e. The second-order valence-corrected chi connectivity index (χ2v) is 4.78. The van der Waals surface area contributed by atoms with E-state index in [-0.39, 0.29) is 0 Å². The van der Waals surface area contributed by atoms with Crippen LogP contribution in [0.15, 0.2) is 18.2 Å². The molecule has 1 aromatic rings. The number of anilines is 1. The standard InChI is InChI=1S/C13H17ClN2/c1-9(2)10(3)8-16-13-6-4-5-12(14)11(13)7-15/h4-6,9-10,16H,8H2,1-3H3. The second-order valence-electron chi connectivity index (χ2n) is 4.38. The summed E-state index contributed by atoms with van der Waals surface area (Å²) in [7, 11) is 0. The van der Waals surface area contributed by atoms with Gasteiger partial charge >= 0.3 is 0 Å². The lowest BCUT2D eigenvalue weighted by Gasteiger charge is -2.17. The third-order valence-corrected chi connectivity index (χ3v) is 3.19. The van der Waals surface area contributed by atoms with Crippen LogP contribution >= 0.6 is 11.6 Å². The Hall–Kier alpha value is -1.20. The zero-order valence-electron chi connectivity index (χ0n) is 9.92. The number of nitrogens with zero attached hydrogens (tertiary/aromatic N) is 1. The van der Waals surface area contributed by atoms with Crippen molar-refractivity contribution >= 4 is 17.3 Å². The summed E-state index contributed by atoms with van der Waals surface area (Å²) in [5.41, 5.74) is 1.35. The van der Waals surface area contributed by atoms with Crippen molar-refractivity contribution in [1.82, 2.24) is 0 Å². The molecule has 0 aliphatic rings. The van der Waals surface area contributed by atoms with Gasteiger partial charge in [0.15, 0.2) is 0 Å². The van der Waals surface area contributed by atoms with Gasteiger partial charge in [-0.05, 0) is 24.0 Å². The fourth-order valence-corrected chi connectivity index (χ4v) is 1.51. The predicted molar refractivity (Wildman–Crippen MR) is 68.7 cm³/mol. The van der Waals surface area contributed by atoms with E-state index in [1.807, 2.05) is 12.1 Å². The smallest absolute Gasteiger partial charge is 0.103 e. The van der Waals surface area contributed by atoms with E-state index in [0.717, 1.165) is 12.2 Å². The predicted octanol–water partition coefficient (Wildman–Crippen LogP) is 3.92. The number of halogens is 1. The van der Waals surface area contributed by atoms with Gasteiger partial charge in [-0.3, -0.25) is 0 Å². The summed E-state index contributed by atoms with van der Waals surface area (Å²) in [6.07, 6.45) is 0. The lowest BCUT2D eigenvalue weighted by molar-refractivity contribution is 0.440. The molecule has 0 fully saturated rings. The highest BCUT2D eigenvalue weighted by atomic mass is 35.5. The van der Waals surface area contributed by atoms with E-state index in [9.17, 15) is 0 Å². The molecule has 0 aliphatic carbocycles. The molecule has 0 amide bonds. The summed E-state index contributed by atoms with van der Waals surface area (Å²) in [6, 6.07) is 7.59. The van der Waals surface area contributed by atoms with Crippen LogP contribution < -0.4 is 5.32 Å². The number of nitriles is 1. The van der Waals surface area contributed by atoms with Gasteiger partial charge in [0.05, 0.1) is 16.3 Å². The molecule has 0 bridgehead atoms. The number of benzene rings is 1. The summed E-state index contributed by atoms with van der Waals surface area (Å²) in [5.74, 6) is 1.18. The molecule has 1 rings (SSSR count). The highest BCUT2D eigenvalue weighted by molar-refractivity contribution is 6.32. The summed E-state index contributed by atoms with van der Waals surface area (Å²) < 4.78 is 0. The number of hydrogen-bond acceptors (Lipinski definition) is 2. The Morgan fingerprint density at radius 3 is 2.62 bits per heavy atom. The lowest BCUT2D eigenvalue weighted by Crippen LogP contribution is -2.16. The molecule has 0 radical (unpaired) electrons. The van der Waals surface area contributed by atoms with E-state index in [1.54, 1.807) is 6.07 Å². The fourth-order valence-electron chi connectivity index (χ4n) is 1.29. The summed E-state index contributed by atoms with van der Waals surface area (Å²) in [6.45, 7) is 7.42. The zero-order valence-corrected chi connectivity index (χ0v) is 10.7. The van der Waals surface area contributed by atoms with Crippen molar-refractivity contribution in [2.75, 3.05) is 11.9 Å². The third-order valence-electron chi connectivity index (χ3n) is 2.88. The second kappa shape index (κ2) is 5.77. The Balaban J connectivity index is 2.75. The van der Waals surface area contributed by atoms with Gasteiger partial charge < -0.3 is 5.32 Å². The first-order valence-electron chi connectivity index (χ1n) is 5.48. The molecule has 0 heterocycles. The molecule has 1 aromatic carbocycles. The van der Waals surface area contributed by atoms with Crippen LogP contribution in [0.3, 0.4) is 0 Å². The maximum Gasteiger partial charge on any atom is 0.103 e. The third kappa shape index (κ3) is 3.15. The van der Waals surface area contributed by atoms with E-state index >= 15 is 0 Å². The van der Waals surface area contributed by atoms with Gasteiger partial charge in [0.25, 0.3) is 0 Å². The van der Waals surface area contributed by atoms with E-state index in [0.29, 0.717) is 22.4 Å². The van der Waals surface area contributed by atoms with Crippen LogP contribution in [-0.2, 0) is 0 Å². The molecule has 1 N–H and O–H groups in total. The van der Waals surface area contributed by atoms with Crippen molar-refractivity contribution in [2.24, 2.45) is 11.8 Å². The molecule has 16 heavy (non-hydrogen) atoms. The highest BCUT2D eigenvalue weighted by Gasteiger charge is 2.09. The van der Waals surface area contributed by atoms with Crippen LogP contribution in [0.2, 0.25) is 5.02 Å². The van der Waals surface area contributed by atoms with Gasteiger partial charge in [-0.2, -0.15) is 5.26 Å². The van der Waals surface area contributed by atoms with Crippen molar-refractivity contribution < 1.29 is 0 Å². The normalized spacial score (nSPS) is 12.2. The zero-order chi connectivity index (χ0) is 12.1. The van der Waals surface area contributed by atoms with Gasteiger partial charge in [-0.15, -0.1) is 0 Å². The molecule has 0 spiro atoms. The average molecular weight is 237 g/mol. The van der Waals surface area contributed by atoms with Crippen LogP contribution in [0, 0.1) is 23.2 Å². The molecular formula is C13H17ClN2. The molecule has 0 saturated carbocycles. The van der Waals surface area contributed by atoms with Crippen molar-refractivity contribution in [3.63, 3.8) is 0 Å². The first-order valence-corrected chi connectivity index (χ1v) is 5.86. The quantitative estimate of drug-likeness (QED) is 0.860. The molecule has 1 unspecified atom stereocenters. The van der Waals surface area contributed by atoms with Gasteiger partial charge in [-0.25, -0.2) is 0 Å². The molecule has 2 nitrogen and oxygen atoms in total. The van der Waals surface area contributed by atoms with E-state index in [4.69, 9.17) is 16.9 Å². The molecule has 0 aromatic heterocycles. The minimum atomic E-state index is 0.504. The summed E-state index contributed by atoms with van der Waals surface area (Å²) >= 11 is 5.94. The number of rotatable bonds is 4. The Labute approximate surface area is 102 Å². The Morgan fingerprint density at radius 1 is 1.38 bits per heavy atom. The van der Waals surface area contributed by atoms with Crippen molar-refractivity contribution in [2.45, 2.75) is 20.8 Å². The minimum absolute atomic E-state index is 0.504. The molecule has 0 saturated heterocycles. The van der Waals surface area contributed by atoms with Gasteiger partial charge in [-0.1, -0.05) is 38.4 Å². The van der Waals surface area contributed by atoms with Gasteiger partial charge in [0.1, 0.15) is 6.07 Å². The summed E-state index contributed by atoms with van der Waals surface area (Å²) in [5, 5.41) is 12.8. The maximum atomic E-state index is 9.00. The van der Waals surface area contributed by atoms with Gasteiger partial charge in [0, 0.05) is 6.54 Å². The number of hydrogen-bond donors (Lipinski definition) is 1. The molecule has 3 heteroatoms. The van der Waals surface area contributed by atoms with Crippen molar-refractivity contribution in [3.05, 3.63) is 28.8 Å². The number of nitrogens with one attached hydrogen (secondary N) is 1. The molecule has 1 atom stereocenters. The molecule has 86 valence electrons. The fraction of sp³-hybridized carbons (Fsp3) is 0.462. The van der Waals surface area contributed by atoms with E-state index in [1.165, 1.54) is 0 Å². The topological polar surface area (TPSA) is 35.8 Å². The Kier molecular flexibility index (Phi) is 4.64. The van der Waals surface area contributed by atoms with E-state index in [2.05, 4.69) is 32.2 Å². The first kappa shape index (κ1) is 12.9. The molecule has 0 aliphatic heterocycles. The van der Waals surface area contributed by atoms with Crippen LogP contribution in [0.4, 0.5) is 5.69 Å². The average Bonchev–Trinajstić information content (AvgIpc) is 2.25. The van der Waals surface area contributed by atoms with Crippen LogP contribution in [0.25, 0.3) is 0 Å². The summed E-state index contributed by atoms with van der Waals surface area (Å²) in [4.78, 5) is 0. The van der Waals surface area contributed by atoms with Crippen molar-refractivity contribution in [1.29, 1.82) is 5.26 Å². The van der Waals surface area contributed by atoms with Crippen LogP contribution in [-0.4, -0.2) is 6.54 Å². The SMILES string of the molecule is CC(C)C(C)CNc1cccc(Cl)c1C#N. The van der Waals surface area contributed by atoms with Crippen molar-refractivity contribution in [3.8, 4) is 6.07 Å². The minimum Gasteiger partial charge on any atom is -0.384 e. The maximum absolute atomic E-state index is 9.00.